The number of anilines is 3. The van der Waals surface area contributed by atoms with Gasteiger partial charge in [-0.15, -0.1) is 0 Å². The van der Waals surface area contributed by atoms with E-state index in [4.69, 9.17) is 0 Å². The van der Waals surface area contributed by atoms with Crippen molar-refractivity contribution in [1.82, 2.24) is 9.97 Å². The fourth-order valence-corrected chi connectivity index (χ4v) is 3.05. The van der Waals surface area contributed by atoms with Gasteiger partial charge >= 0.3 is 0 Å². The first-order valence-electron chi connectivity index (χ1n) is 7.60. The third-order valence-corrected chi connectivity index (χ3v) is 4.16. The summed E-state index contributed by atoms with van der Waals surface area (Å²) in [6.07, 6.45) is 2.45. The Bertz CT molecular complexity index is 901. The van der Waals surface area contributed by atoms with E-state index in [0.29, 0.717) is 0 Å². The first-order chi connectivity index (χ1) is 11.2. The number of carbonyl (C=O) groups excluding carboxylic acids is 1. The van der Waals surface area contributed by atoms with E-state index in [9.17, 15) is 4.79 Å². The summed E-state index contributed by atoms with van der Waals surface area (Å²) in [6.45, 7) is 2.36. The Labute approximate surface area is 134 Å². The highest BCUT2D eigenvalue weighted by Crippen LogP contribution is 2.32. The molecule has 1 aromatic heterocycles. The molecule has 1 aliphatic rings. The summed E-state index contributed by atoms with van der Waals surface area (Å²) in [6, 6.07) is 14.0. The lowest BCUT2D eigenvalue weighted by atomic mass is 10.1. The van der Waals surface area contributed by atoms with Crippen LogP contribution >= 0.6 is 0 Å². The van der Waals surface area contributed by atoms with Crippen LogP contribution in [0.2, 0.25) is 0 Å². The number of nitrogens with zero attached hydrogens (tertiary/aromatic N) is 3. The molecular formula is C18H16N4O. The maximum Gasteiger partial charge on any atom is 0.223 e. The van der Waals surface area contributed by atoms with E-state index < -0.39 is 0 Å². The van der Waals surface area contributed by atoms with E-state index in [2.05, 4.69) is 21.4 Å². The van der Waals surface area contributed by atoms with Crippen molar-refractivity contribution in [2.45, 2.75) is 13.3 Å². The highest BCUT2D eigenvalue weighted by molar-refractivity contribution is 5.94. The van der Waals surface area contributed by atoms with Crippen molar-refractivity contribution in [2.24, 2.45) is 0 Å². The molecule has 1 aliphatic heterocycles. The minimum Gasteiger partial charge on any atom is -0.340 e. The highest BCUT2D eigenvalue weighted by atomic mass is 16.2. The predicted molar refractivity (Wildman–Crippen MR) is 91.0 cm³/mol. The third kappa shape index (κ3) is 2.40. The lowest BCUT2D eigenvalue weighted by Crippen LogP contribution is -2.25. The second kappa shape index (κ2) is 5.35. The van der Waals surface area contributed by atoms with Gasteiger partial charge in [0.15, 0.2) is 0 Å². The molecule has 0 bridgehead atoms. The molecule has 0 unspecified atom stereocenters. The fraction of sp³-hybridized carbons (Fsp3) is 0.167. The second-order valence-electron chi connectivity index (χ2n) is 5.63. The number of hydrogen-bond acceptors (Lipinski definition) is 4. The molecule has 0 atom stereocenters. The Morgan fingerprint density at radius 2 is 2.04 bits per heavy atom. The van der Waals surface area contributed by atoms with Crippen molar-refractivity contribution >= 4 is 34.0 Å². The predicted octanol–water partition coefficient (Wildman–Crippen LogP) is 3.28. The van der Waals surface area contributed by atoms with Gasteiger partial charge in [-0.25, -0.2) is 9.97 Å². The fourth-order valence-electron chi connectivity index (χ4n) is 3.05. The molecule has 0 saturated carbocycles. The molecule has 2 aromatic carbocycles. The van der Waals surface area contributed by atoms with Crippen LogP contribution in [0.15, 0.2) is 48.8 Å². The second-order valence-corrected chi connectivity index (χ2v) is 5.63. The van der Waals surface area contributed by atoms with Gasteiger partial charge in [-0.1, -0.05) is 12.1 Å². The first-order valence-corrected chi connectivity index (χ1v) is 7.60. The van der Waals surface area contributed by atoms with Gasteiger partial charge in [0, 0.05) is 30.2 Å². The van der Waals surface area contributed by atoms with Crippen LogP contribution in [0.5, 0.6) is 0 Å². The monoisotopic (exact) mass is 304 g/mol. The van der Waals surface area contributed by atoms with Gasteiger partial charge in [0.05, 0.1) is 5.52 Å². The van der Waals surface area contributed by atoms with Crippen molar-refractivity contribution in [3.05, 3.63) is 54.4 Å². The molecule has 114 valence electrons. The molecule has 1 amide bonds. The van der Waals surface area contributed by atoms with Gasteiger partial charge in [-0.3, -0.25) is 4.79 Å². The number of carbonyl (C=O) groups is 1. The minimum absolute atomic E-state index is 0.0891. The summed E-state index contributed by atoms with van der Waals surface area (Å²) >= 11 is 0. The standard InChI is InChI=1S/C18H16N4O/c1-12(23)22-9-8-13-10-14(6-7-17(13)22)21-18-15-4-2-3-5-16(15)19-11-20-18/h2-7,10-11H,8-9H2,1H3,(H,19,20,21). The van der Waals surface area contributed by atoms with E-state index in [1.54, 1.807) is 13.3 Å². The molecule has 2 heterocycles. The highest BCUT2D eigenvalue weighted by Gasteiger charge is 2.22. The van der Waals surface area contributed by atoms with Crippen molar-refractivity contribution < 1.29 is 4.79 Å². The van der Waals surface area contributed by atoms with E-state index >= 15 is 0 Å². The summed E-state index contributed by atoms with van der Waals surface area (Å²) in [5.74, 6) is 0.878. The minimum atomic E-state index is 0.0891. The number of hydrogen-bond donors (Lipinski definition) is 1. The number of benzene rings is 2. The number of aromatic nitrogens is 2. The summed E-state index contributed by atoms with van der Waals surface area (Å²) < 4.78 is 0. The number of amides is 1. The Morgan fingerprint density at radius 1 is 1.17 bits per heavy atom. The lowest BCUT2D eigenvalue weighted by Gasteiger charge is -2.15. The zero-order valence-electron chi connectivity index (χ0n) is 12.8. The van der Waals surface area contributed by atoms with Crippen LogP contribution in [0, 0.1) is 0 Å². The molecule has 23 heavy (non-hydrogen) atoms. The van der Waals surface area contributed by atoms with Gasteiger partial charge in [0.1, 0.15) is 12.1 Å². The molecule has 0 aliphatic carbocycles. The quantitative estimate of drug-likeness (QED) is 0.789. The van der Waals surface area contributed by atoms with Crippen molar-refractivity contribution in [3.8, 4) is 0 Å². The molecule has 0 saturated heterocycles. The van der Waals surface area contributed by atoms with Gasteiger partial charge in [-0.2, -0.15) is 0 Å². The number of nitrogens with one attached hydrogen (secondary N) is 1. The number of fused-ring (bicyclic) bond motifs is 2. The molecule has 0 fully saturated rings. The van der Waals surface area contributed by atoms with E-state index in [0.717, 1.165) is 41.1 Å². The van der Waals surface area contributed by atoms with Crippen LogP contribution in [0.3, 0.4) is 0 Å². The van der Waals surface area contributed by atoms with Crippen LogP contribution in [0.1, 0.15) is 12.5 Å². The Hall–Kier alpha value is -2.95. The van der Waals surface area contributed by atoms with Crippen LogP contribution in [0.4, 0.5) is 17.2 Å². The molecule has 5 heteroatoms. The van der Waals surface area contributed by atoms with E-state index in [1.165, 1.54) is 5.56 Å². The maximum absolute atomic E-state index is 11.6. The van der Waals surface area contributed by atoms with E-state index in [-0.39, 0.29) is 5.91 Å². The zero-order valence-corrected chi connectivity index (χ0v) is 12.8. The molecule has 3 aromatic rings. The molecule has 0 spiro atoms. The van der Waals surface area contributed by atoms with Crippen LogP contribution in [-0.2, 0) is 11.2 Å². The average Bonchev–Trinajstić information content (AvgIpc) is 2.99. The third-order valence-electron chi connectivity index (χ3n) is 4.16. The smallest absolute Gasteiger partial charge is 0.223 e. The SMILES string of the molecule is CC(=O)N1CCc2cc(Nc3ncnc4ccccc34)ccc21. The largest absolute Gasteiger partial charge is 0.340 e. The van der Waals surface area contributed by atoms with E-state index in [1.807, 2.05) is 41.3 Å². The summed E-state index contributed by atoms with van der Waals surface area (Å²) in [5.41, 5.74) is 4.08. The molecular weight excluding hydrogens is 288 g/mol. The molecule has 0 radical (unpaired) electrons. The van der Waals surface area contributed by atoms with Crippen molar-refractivity contribution in [3.63, 3.8) is 0 Å². The normalized spacial score (nSPS) is 13.2. The Morgan fingerprint density at radius 3 is 2.91 bits per heavy atom. The van der Waals surface area contributed by atoms with Crippen molar-refractivity contribution in [1.29, 1.82) is 0 Å². The molecule has 1 N–H and O–H groups in total. The van der Waals surface area contributed by atoms with Gasteiger partial charge in [-0.05, 0) is 42.3 Å². The molecule has 4 rings (SSSR count). The Kier molecular flexibility index (Phi) is 3.19. The summed E-state index contributed by atoms with van der Waals surface area (Å²) in [7, 11) is 0. The van der Waals surface area contributed by atoms with Crippen LogP contribution < -0.4 is 10.2 Å². The van der Waals surface area contributed by atoms with Crippen molar-refractivity contribution in [2.75, 3.05) is 16.8 Å². The maximum atomic E-state index is 11.6. The first kappa shape index (κ1) is 13.7. The van der Waals surface area contributed by atoms with Gasteiger partial charge < -0.3 is 10.2 Å². The topological polar surface area (TPSA) is 58.1 Å². The number of rotatable bonds is 2. The van der Waals surface area contributed by atoms with Gasteiger partial charge in [0.25, 0.3) is 0 Å². The summed E-state index contributed by atoms with van der Waals surface area (Å²) in [5, 5.41) is 4.35. The van der Waals surface area contributed by atoms with Crippen LogP contribution in [-0.4, -0.2) is 22.4 Å². The van der Waals surface area contributed by atoms with Gasteiger partial charge in [0.2, 0.25) is 5.91 Å². The lowest BCUT2D eigenvalue weighted by molar-refractivity contribution is -0.116. The van der Waals surface area contributed by atoms with Crippen LogP contribution in [0.25, 0.3) is 10.9 Å². The molecule has 5 nitrogen and oxygen atoms in total. The number of para-hydroxylation sites is 1. The average molecular weight is 304 g/mol. The summed E-state index contributed by atoms with van der Waals surface area (Å²) in [4.78, 5) is 22.1. The Balaban J connectivity index is 1.69. The zero-order chi connectivity index (χ0) is 15.8.